The zero-order valence-electron chi connectivity index (χ0n) is 21.8. The minimum absolute atomic E-state index is 0.255. The zero-order valence-corrected chi connectivity index (χ0v) is 21.8. The van der Waals surface area contributed by atoms with Gasteiger partial charge in [0.15, 0.2) is 16.6 Å². The van der Waals surface area contributed by atoms with E-state index in [1.165, 1.54) is 50.2 Å². The number of para-hydroxylation sites is 2. The highest BCUT2D eigenvalue weighted by molar-refractivity contribution is 6.07. The van der Waals surface area contributed by atoms with Gasteiger partial charge >= 0.3 is 0 Å². The second-order valence-corrected chi connectivity index (χ2v) is 10.4. The lowest BCUT2D eigenvalue weighted by atomic mass is 9.89. The Bertz CT molecular complexity index is 1770. The van der Waals surface area contributed by atoms with Crippen molar-refractivity contribution in [3.05, 3.63) is 89.7 Å². The molecule has 6 rings (SSSR count). The molecule has 0 radical (unpaired) electrons. The highest BCUT2D eigenvalue weighted by Crippen LogP contribution is 2.43. The van der Waals surface area contributed by atoms with Crippen molar-refractivity contribution in [3.8, 4) is 17.1 Å². The second kappa shape index (κ2) is 8.34. The summed E-state index contributed by atoms with van der Waals surface area (Å²) in [7, 11) is 2.18. The number of fused-ring (bicyclic) bond motifs is 4. The SMILES string of the molecule is Cc1ccccc1-c1n(-c2c(C(C)C)cc3c(oc4cnccc43)c2C(C)C)c2ccccc2[n+]1C. The van der Waals surface area contributed by atoms with Gasteiger partial charge in [-0.1, -0.05) is 58.0 Å². The molecule has 36 heavy (non-hydrogen) atoms. The molecule has 0 bridgehead atoms. The van der Waals surface area contributed by atoms with E-state index in [9.17, 15) is 0 Å². The van der Waals surface area contributed by atoms with Gasteiger partial charge in [0.1, 0.15) is 11.3 Å². The van der Waals surface area contributed by atoms with Crippen molar-refractivity contribution in [3.63, 3.8) is 0 Å². The molecule has 0 spiro atoms. The van der Waals surface area contributed by atoms with Crippen LogP contribution < -0.4 is 4.57 Å². The van der Waals surface area contributed by atoms with Crippen molar-refractivity contribution < 1.29 is 8.98 Å². The first-order valence-electron chi connectivity index (χ1n) is 12.8. The normalized spacial score (nSPS) is 12.1. The van der Waals surface area contributed by atoms with Crippen molar-refractivity contribution in [1.82, 2.24) is 9.55 Å². The first kappa shape index (κ1) is 22.5. The third-order valence-electron chi connectivity index (χ3n) is 7.43. The number of aryl methyl sites for hydroxylation is 2. The van der Waals surface area contributed by atoms with Crippen LogP contribution in [0.3, 0.4) is 0 Å². The predicted molar refractivity (Wildman–Crippen MR) is 148 cm³/mol. The Balaban J connectivity index is 1.87. The van der Waals surface area contributed by atoms with Crippen molar-refractivity contribution in [1.29, 1.82) is 0 Å². The van der Waals surface area contributed by atoms with Gasteiger partial charge in [0.25, 0.3) is 5.82 Å². The number of hydrogen-bond donors (Lipinski definition) is 0. The molecule has 0 saturated heterocycles. The van der Waals surface area contributed by atoms with E-state index in [0.29, 0.717) is 5.92 Å². The van der Waals surface area contributed by atoms with E-state index in [2.05, 4.69) is 116 Å². The van der Waals surface area contributed by atoms with Crippen LogP contribution in [-0.4, -0.2) is 9.55 Å². The fraction of sp³-hybridized carbons (Fsp3) is 0.250. The summed E-state index contributed by atoms with van der Waals surface area (Å²) in [5.41, 5.74) is 10.5. The van der Waals surface area contributed by atoms with Crippen LogP contribution in [0, 0.1) is 6.92 Å². The van der Waals surface area contributed by atoms with E-state index in [1.807, 2.05) is 12.4 Å². The van der Waals surface area contributed by atoms with Crippen molar-refractivity contribution in [2.45, 2.75) is 46.5 Å². The lowest BCUT2D eigenvalue weighted by Gasteiger charge is -2.19. The number of imidazole rings is 1. The number of furan rings is 1. The van der Waals surface area contributed by atoms with Crippen molar-refractivity contribution in [2.75, 3.05) is 0 Å². The van der Waals surface area contributed by atoms with Crippen molar-refractivity contribution >= 4 is 33.0 Å². The number of pyridine rings is 1. The smallest absolute Gasteiger partial charge is 0.295 e. The van der Waals surface area contributed by atoms with Gasteiger partial charge in [-0.3, -0.25) is 4.98 Å². The van der Waals surface area contributed by atoms with Gasteiger partial charge in [-0.15, -0.1) is 0 Å². The Morgan fingerprint density at radius 2 is 1.64 bits per heavy atom. The lowest BCUT2D eigenvalue weighted by Crippen LogP contribution is -2.30. The summed E-state index contributed by atoms with van der Waals surface area (Å²) >= 11 is 0. The molecule has 0 aliphatic rings. The quantitative estimate of drug-likeness (QED) is 0.243. The molecule has 6 aromatic rings. The first-order chi connectivity index (χ1) is 17.4. The van der Waals surface area contributed by atoms with E-state index in [-0.39, 0.29) is 5.92 Å². The van der Waals surface area contributed by atoms with Gasteiger partial charge in [-0.25, -0.2) is 4.57 Å². The van der Waals surface area contributed by atoms with Gasteiger partial charge in [-0.2, -0.15) is 4.57 Å². The molecule has 3 heterocycles. The Kier molecular flexibility index (Phi) is 5.22. The molecule has 3 aromatic heterocycles. The Morgan fingerprint density at radius 3 is 2.39 bits per heavy atom. The van der Waals surface area contributed by atoms with Crippen LogP contribution in [0.2, 0.25) is 0 Å². The summed E-state index contributed by atoms with van der Waals surface area (Å²) in [5, 5.41) is 2.29. The van der Waals surface area contributed by atoms with Crippen LogP contribution >= 0.6 is 0 Å². The molecule has 0 saturated carbocycles. The van der Waals surface area contributed by atoms with E-state index in [0.717, 1.165) is 16.6 Å². The van der Waals surface area contributed by atoms with E-state index in [4.69, 9.17) is 4.42 Å². The molecule has 0 aliphatic carbocycles. The lowest BCUT2D eigenvalue weighted by molar-refractivity contribution is -0.633. The fourth-order valence-electron chi connectivity index (χ4n) is 5.69. The fourth-order valence-corrected chi connectivity index (χ4v) is 5.69. The van der Waals surface area contributed by atoms with Crippen LogP contribution in [0.4, 0.5) is 0 Å². The van der Waals surface area contributed by atoms with Crippen LogP contribution in [0.5, 0.6) is 0 Å². The van der Waals surface area contributed by atoms with E-state index in [1.54, 1.807) is 0 Å². The van der Waals surface area contributed by atoms with Crippen LogP contribution in [0.15, 0.2) is 77.5 Å². The second-order valence-electron chi connectivity index (χ2n) is 10.4. The number of nitrogens with zero attached hydrogens (tertiary/aromatic N) is 3. The summed E-state index contributed by atoms with van der Waals surface area (Å²) < 4.78 is 11.4. The summed E-state index contributed by atoms with van der Waals surface area (Å²) in [6.07, 6.45) is 3.68. The van der Waals surface area contributed by atoms with Crippen molar-refractivity contribution in [2.24, 2.45) is 7.05 Å². The highest BCUT2D eigenvalue weighted by atomic mass is 16.3. The van der Waals surface area contributed by atoms with E-state index < -0.39 is 0 Å². The molecule has 4 heteroatoms. The molecule has 3 aromatic carbocycles. The van der Waals surface area contributed by atoms with Gasteiger partial charge in [0.05, 0.1) is 18.8 Å². The summed E-state index contributed by atoms with van der Waals surface area (Å²) in [5.74, 6) is 1.76. The molecule has 0 amide bonds. The summed E-state index contributed by atoms with van der Waals surface area (Å²) in [6, 6.07) is 21.8. The maximum Gasteiger partial charge on any atom is 0.295 e. The topological polar surface area (TPSA) is 34.8 Å². The maximum atomic E-state index is 6.55. The Labute approximate surface area is 211 Å². The zero-order chi connectivity index (χ0) is 25.1. The van der Waals surface area contributed by atoms with Crippen LogP contribution in [0.1, 0.15) is 56.2 Å². The van der Waals surface area contributed by atoms with Crippen LogP contribution in [-0.2, 0) is 7.05 Å². The van der Waals surface area contributed by atoms with Gasteiger partial charge in [-0.05, 0) is 54.7 Å². The average Bonchev–Trinajstić information content (AvgIpc) is 3.38. The largest absolute Gasteiger partial charge is 0.454 e. The predicted octanol–water partition coefficient (Wildman–Crippen LogP) is 7.97. The Hall–Kier alpha value is -3.92. The minimum Gasteiger partial charge on any atom is -0.454 e. The standard InChI is InChI=1S/C32H32N3O/c1-19(2)24-17-25-23-15-16-33-18-28(23)36-31(25)29(20(3)4)30(24)35-27-14-10-9-13-26(27)34(6)32(35)22-12-8-7-11-21(22)5/h7-20H,1-6H3/q+1. The number of benzene rings is 3. The third-order valence-corrected chi connectivity index (χ3v) is 7.43. The monoisotopic (exact) mass is 474 g/mol. The van der Waals surface area contributed by atoms with Gasteiger partial charge < -0.3 is 4.42 Å². The molecule has 0 unspecified atom stereocenters. The molecule has 0 N–H and O–H groups in total. The maximum absolute atomic E-state index is 6.55. The molecule has 0 fully saturated rings. The van der Waals surface area contributed by atoms with Crippen LogP contribution in [0.25, 0.3) is 50.0 Å². The minimum atomic E-state index is 0.255. The van der Waals surface area contributed by atoms with Gasteiger partial charge in [0.2, 0.25) is 0 Å². The van der Waals surface area contributed by atoms with E-state index >= 15 is 0 Å². The Morgan fingerprint density at radius 1 is 0.889 bits per heavy atom. The number of aromatic nitrogens is 3. The molecular formula is C32H32N3O+. The highest BCUT2D eigenvalue weighted by Gasteiger charge is 2.33. The van der Waals surface area contributed by atoms with Gasteiger partial charge in [0, 0.05) is 28.1 Å². The molecular weight excluding hydrogens is 442 g/mol. The molecule has 4 nitrogen and oxygen atoms in total. The first-order valence-corrected chi connectivity index (χ1v) is 12.8. The molecule has 180 valence electrons. The number of rotatable bonds is 4. The average molecular weight is 475 g/mol. The molecule has 0 aliphatic heterocycles. The number of hydrogen-bond acceptors (Lipinski definition) is 2. The summed E-state index contributed by atoms with van der Waals surface area (Å²) in [6.45, 7) is 11.3. The third kappa shape index (κ3) is 3.21. The molecule has 0 atom stereocenters. The summed E-state index contributed by atoms with van der Waals surface area (Å²) in [4.78, 5) is 4.33.